The molecule has 0 spiro atoms. The number of hydrogen-bond acceptors (Lipinski definition) is 2. The van der Waals surface area contributed by atoms with E-state index in [2.05, 4.69) is 10.6 Å². The Hall–Kier alpha value is -1.31. The molecule has 0 radical (unpaired) electrons. The van der Waals surface area contributed by atoms with E-state index >= 15 is 0 Å². The standard InChI is InChI=1S/C12H15NO2S/c1-3-8-11(4-2)13-16(14,15)12-9-6-5-7-10-12/h1,5-7,9-11,13H,4,8H2,2H3. The molecule has 0 bridgehead atoms. The maximum absolute atomic E-state index is 11.9. The average molecular weight is 237 g/mol. The van der Waals surface area contributed by atoms with Crippen LogP contribution in [0.3, 0.4) is 0 Å². The molecule has 16 heavy (non-hydrogen) atoms. The number of rotatable bonds is 5. The lowest BCUT2D eigenvalue weighted by molar-refractivity contribution is 0.544. The fraction of sp³-hybridized carbons (Fsp3) is 0.333. The first-order chi connectivity index (χ1) is 7.60. The second kappa shape index (κ2) is 5.69. The third kappa shape index (κ3) is 3.37. The predicted molar refractivity (Wildman–Crippen MR) is 64.3 cm³/mol. The largest absolute Gasteiger partial charge is 0.240 e. The normalized spacial score (nSPS) is 13.0. The predicted octanol–water partition coefficient (Wildman–Crippen LogP) is 1.77. The highest BCUT2D eigenvalue weighted by Crippen LogP contribution is 2.09. The molecule has 0 aliphatic carbocycles. The Morgan fingerprint density at radius 3 is 2.50 bits per heavy atom. The summed E-state index contributed by atoms with van der Waals surface area (Å²) in [7, 11) is -3.44. The van der Waals surface area contributed by atoms with E-state index in [0.717, 1.165) is 0 Å². The molecule has 1 aromatic rings. The molecule has 0 heterocycles. The Labute approximate surface area is 96.9 Å². The minimum Gasteiger partial charge on any atom is -0.207 e. The Kier molecular flexibility index (Phi) is 4.53. The minimum absolute atomic E-state index is 0.199. The first kappa shape index (κ1) is 12.8. The van der Waals surface area contributed by atoms with Crippen LogP contribution in [-0.2, 0) is 10.0 Å². The lowest BCUT2D eigenvalue weighted by Gasteiger charge is -2.14. The summed E-state index contributed by atoms with van der Waals surface area (Å²) in [5, 5.41) is 0. The van der Waals surface area contributed by atoms with Gasteiger partial charge in [-0.05, 0) is 18.6 Å². The van der Waals surface area contributed by atoms with Crippen molar-refractivity contribution >= 4 is 10.0 Å². The van der Waals surface area contributed by atoms with E-state index in [1.165, 1.54) is 0 Å². The molecule has 4 heteroatoms. The van der Waals surface area contributed by atoms with Crippen molar-refractivity contribution in [2.75, 3.05) is 0 Å². The van der Waals surface area contributed by atoms with Crippen molar-refractivity contribution in [1.29, 1.82) is 0 Å². The molecule has 1 N–H and O–H groups in total. The van der Waals surface area contributed by atoms with Crippen LogP contribution in [0.4, 0.5) is 0 Å². The zero-order valence-corrected chi connectivity index (χ0v) is 10.00. The second-order valence-electron chi connectivity index (χ2n) is 3.45. The SMILES string of the molecule is C#CCC(CC)NS(=O)(=O)c1ccccc1. The summed E-state index contributed by atoms with van der Waals surface area (Å²) >= 11 is 0. The van der Waals surface area contributed by atoms with E-state index in [-0.39, 0.29) is 10.9 Å². The van der Waals surface area contributed by atoms with Crippen LogP contribution in [0.25, 0.3) is 0 Å². The Morgan fingerprint density at radius 2 is 2.00 bits per heavy atom. The van der Waals surface area contributed by atoms with Gasteiger partial charge in [-0.2, -0.15) is 0 Å². The highest BCUT2D eigenvalue weighted by Gasteiger charge is 2.17. The van der Waals surface area contributed by atoms with E-state index in [1.807, 2.05) is 6.92 Å². The van der Waals surface area contributed by atoms with Gasteiger partial charge in [-0.25, -0.2) is 13.1 Å². The van der Waals surface area contributed by atoms with Gasteiger partial charge in [0.25, 0.3) is 0 Å². The fourth-order valence-corrected chi connectivity index (χ4v) is 2.64. The third-order valence-electron chi connectivity index (χ3n) is 2.23. The van der Waals surface area contributed by atoms with Gasteiger partial charge in [-0.15, -0.1) is 12.3 Å². The maximum atomic E-state index is 11.9. The van der Waals surface area contributed by atoms with E-state index in [0.29, 0.717) is 12.8 Å². The van der Waals surface area contributed by atoms with Crippen LogP contribution in [0.2, 0.25) is 0 Å². The number of benzene rings is 1. The van der Waals surface area contributed by atoms with Gasteiger partial charge in [0.15, 0.2) is 0 Å². The molecule has 86 valence electrons. The summed E-state index contributed by atoms with van der Waals surface area (Å²) in [6.45, 7) is 1.90. The summed E-state index contributed by atoms with van der Waals surface area (Å²) in [4.78, 5) is 0.269. The highest BCUT2D eigenvalue weighted by molar-refractivity contribution is 7.89. The lowest BCUT2D eigenvalue weighted by Crippen LogP contribution is -2.34. The molecular weight excluding hydrogens is 222 g/mol. The van der Waals surface area contributed by atoms with Gasteiger partial charge < -0.3 is 0 Å². The highest BCUT2D eigenvalue weighted by atomic mass is 32.2. The van der Waals surface area contributed by atoms with Crippen molar-refractivity contribution in [3.05, 3.63) is 30.3 Å². The third-order valence-corrected chi connectivity index (χ3v) is 3.77. The van der Waals surface area contributed by atoms with E-state index in [1.54, 1.807) is 30.3 Å². The molecule has 0 saturated heterocycles. The Morgan fingerprint density at radius 1 is 1.38 bits per heavy atom. The van der Waals surface area contributed by atoms with Crippen LogP contribution in [-0.4, -0.2) is 14.5 Å². The quantitative estimate of drug-likeness (QED) is 0.793. The van der Waals surface area contributed by atoms with Gasteiger partial charge in [0.1, 0.15) is 0 Å². The fourth-order valence-electron chi connectivity index (χ4n) is 1.30. The first-order valence-electron chi connectivity index (χ1n) is 5.11. The average Bonchev–Trinajstić information content (AvgIpc) is 2.29. The molecular formula is C12H15NO2S. The van der Waals surface area contributed by atoms with Crippen molar-refractivity contribution in [3.8, 4) is 12.3 Å². The van der Waals surface area contributed by atoms with Gasteiger partial charge in [0.05, 0.1) is 4.90 Å². The van der Waals surface area contributed by atoms with Gasteiger partial charge >= 0.3 is 0 Å². The van der Waals surface area contributed by atoms with Crippen molar-refractivity contribution in [2.45, 2.75) is 30.7 Å². The molecule has 0 aliphatic rings. The summed E-state index contributed by atoms with van der Waals surface area (Å²) in [5.41, 5.74) is 0. The van der Waals surface area contributed by atoms with Crippen LogP contribution in [0.1, 0.15) is 19.8 Å². The van der Waals surface area contributed by atoms with E-state index in [9.17, 15) is 8.42 Å². The number of hydrogen-bond donors (Lipinski definition) is 1. The van der Waals surface area contributed by atoms with Crippen LogP contribution in [0.15, 0.2) is 35.2 Å². The van der Waals surface area contributed by atoms with Crippen LogP contribution >= 0.6 is 0 Å². The van der Waals surface area contributed by atoms with Crippen LogP contribution in [0.5, 0.6) is 0 Å². The summed E-state index contributed by atoms with van der Waals surface area (Å²) in [6.07, 6.45) is 6.26. The van der Waals surface area contributed by atoms with Gasteiger partial charge in [-0.3, -0.25) is 0 Å². The monoisotopic (exact) mass is 237 g/mol. The first-order valence-corrected chi connectivity index (χ1v) is 6.59. The molecule has 1 rings (SSSR count). The number of terminal acetylenes is 1. The zero-order valence-electron chi connectivity index (χ0n) is 9.18. The molecule has 0 amide bonds. The molecule has 1 unspecified atom stereocenters. The molecule has 0 saturated carbocycles. The van der Waals surface area contributed by atoms with Crippen LogP contribution in [0, 0.1) is 12.3 Å². The smallest absolute Gasteiger partial charge is 0.207 e. The molecule has 1 aromatic carbocycles. The zero-order chi connectivity index (χ0) is 12.0. The van der Waals surface area contributed by atoms with Gasteiger partial charge in [0, 0.05) is 12.5 Å². The van der Waals surface area contributed by atoms with E-state index < -0.39 is 10.0 Å². The van der Waals surface area contributed by atoms with Crippen molar-refractivity contribution in [3.63, 3.8) is 0 Å². The molecule has 0 fully saturated rings. The van der Waals surface area contributed by atoms with Crippen molar-refractivity contribution < 1.29 is 8.42 Å². The molecule has 0 aliphatic heterocycles. The van der Waals surface area contributed by atoms with Crippen LogP contribution < -0.4 is 4.72 Å². The van der Waals surface area contributed by atoms with Gasteiger partial charge in [0.2, 0.25) is 10.0 Å². The van der Waals surface area contributed by atoms with Gasteiger partial charge in [-0.1, -0.05) is 25.1 Å². The lowest BCUT2D eigenvalue weighted by atomic mass is 10.2. The summed E-state index contributed by atoms with van der Waals surface area (Å²) in [5.74, 6) is 2.47. The van der Waals surface area contributed by atoms with Crippen molar-refractivity contribution in [1.82, 2.24) is 4.72 Å². The summed E-state index contributed by atoms with van der Waals surface area (Å²) < 4.78 is 26.4. The van der Waals surface area contributed by atoms with Crippen molar-refractivity contribution in [2.24, 2.45) is 0 Å². The Balaban J connectivity index is 2.84. The summed E-state index contributed by atoms with van der Waals surface area (Å²) in [6, 6.07) is 8.08. The molecule has 3 nitrogen and oxygen atoms in total. The number of sulfonamides is 1. The minimum atomic E-state index is -3.44. The molecule has 1 atom stereocenters. The van der Waals surface area contributed by atoms with E-state index in [4.69, 9.17) is 6.42 Å². The Bertz CT molecular complexity index is 460. The topological polar surface area (TPSA) is 46.2 Å². The maximum Gasteiger partial charge on any atom is 0.240 e. The second-order valence-corrected chi connectivity index (χ2v) is 5.16. The molecule has 0 aromatic heterocycles. The number of nitrogens with one attached hydrogen (secondary N) is 1.